The summed E-state index contributed by atoms with van der Waals surface area (Å²) in [5, 5.41) is 56.4. The molecule has 1 aliphatic carbocycles. The van der Waals surface area contributed by atoms with E-state index in [1.165, 1.54) is 0 Å². The summed E-state index contributed by atoms with van der Waals surface area (Å²) >= 11 is 0. The molecule has 1 amide bonds. The molecule has 0 bridgehead atoms. The Balaban J connectivity index is 2.53. The third-order valence-corrected chi connectivity index (χ3v) is 5.17. The highest BCUT2D eigenvalue weighted by Crippen LogP contribution is 2.53. The standard InChI is InChI=1S/C21H14N6O7/c1-2-3-4-24-21(28)16-7-12(25(29)30)5-14-18(11(9-22)10-23)15-6-13(26(31)32)8-17(27(33)34)20(15)19(14)16/h5-8H,2-4H2,1H3,(H,24,28). The van der Waals surface area contributed by atoms with Gasteiger partial charge in [-0.05, 0) is 6.42 Å². The first-order valence-electron chi connectivity index (χ1n) is 9.79. The highest BCUT2D eigenvalue weighted by molar-refractivity contribution is 6.14. The van der Waals surface area contributed by atoms with Crippen LogP contribution in [0.3, 0.4) is 0 Å². The number of carbonyl (C=O) groups is 1. The first-order valence-corrected chi connectivity index (χ1v) is 9.79. The number of nitrogens with zero attached hydrogens (tertiary/aromatic N) is 5. The minimum absolute atomic E-state index is 0.116. The Hall–Kier alpha value is -5.17. The molecule has 0 atom stereocenters. The van der Waals surface area contributed by atoms with Crippen LogP contribution >= 0.6 is 0 Å². The van der Waals surface area contributed by atoms with Crippen molar-refractivity contribution in [2.75, 3.05) is 6.54 Å². The molecule has 1 aliphatic rings. The van der Waals surface area contributed by atoms with Gasteiger partial charge in [-0.25, -0.2) is 0 Å². The highest BCUT2D eigenvalue weighted by atomic mass is 16.6. The van der Waals surface area contributed by atoms with Crippen LogP contribution in [0, 0.1) is 53.0 Å². The Morgan fingerprint density at radius 2 is 1.47 bits per heavy atom. The number of nitro groups is 3. The highest BCUT2D eigenvalue weighted by Gasteiger charge is 2.39. The van der Waals surface area contributed by atoms with Gasteiger partial charge in [-0.1, -0.05) is 13.3 Å². The average Bonchev–Trinajstić information content (AvgIpc) is 3.13. The Labute approximate surface area is 191 Å². The molecule has 34 heavy (non-hydrogen) atoms. The maximum atomic E-state index is 13.0. The second kappa shape index (κ2) is 9.13. The predicted octanol–water partition coefficient (Wildman–Crippen LogP) is 3.77. The van der Waals surface area contributed by atoms with E-state index in [0.29, 0.717) is 12.5 Å². The number of amides is 1. The van der Waals surface area contributed by atoms with E-state index in [1.54, 1.807) is 12.1 Å². The van der Waals surface area contributed by atoms with Gasteiger partial charge >= 0.3 is 0 Å². The van der Waals surface area contributed by atoms with Crippen LogP contribution in [0.5, 0.6) is 0 Å². The van der Waals surface area contributed by atoms with Crippen LogP contribution in [0.25, 0.3) is 16.7 Å². The Bertz CT molecular complexity index is 1380. The van der Waals surface area contributed by atoms with E-state index in [1.807, 2.05) is 6.92 Å². The van der Waals surface area contributed by atoms with Crippen LogP contribution < -0.4 is 5.32 Å². The summed E-state index contributed by atoms with van der Waals surface area (Å²) in [5.74, 6) is -0.760. The van der Waals surface area contributed by atoms with Gasteiger partial charge in [-0.15, -0.1) is 0 Å². The first-order chi connectivity index (χ1) is 16.2. The van der Waals surface area contributed by atoms with Gasteiger partial charge in [0.05, 0.1) is 32.0 Å². The number of benzene rings is 2. The number of hydrogen-bond acceptors (Lipinski definition) is 9. The van der Waals surface area contributed by atoms with Crippen molar-refractivity contribution < 1.29 is 19.6 Å². The number of non-ortho nitro benzene ring substituents is 2. The molecule has 1 N–H and O–H groups in total. The number of nitrogens with one attached hydrogen (secondary N) is 1. The van der Waals surface area contributed by atoms with Crippen LogP contribution in [-0.2, 0) is 0 Å². The van der Waals surface area contributed by atoms with Crippen molar-refractivity contribution in [3.8, 4) is 23.3 Å². The fourth-order valence-electron chi connectivity index (χ4n) is 3.72. The Morgan fingerprint density at radius 3 is 1.97 bits per heavy atom. The van der Waals surface area contributed by atoms with Crippen molar-refractivity contribution >= 4 is 28.5 Å². The van der Waals surface area contributed by atoms with Crippen LogP contribution in [0.4, 0.5) is 17.1 Å². The predicted molar refractivity (Wildman–Crippen MR) is 116 cm³/mol. The lowest BCUT2D eigenvalue weighted by Crippen LogP contribution is -2.25. The number of allylic oxidation sites excluding steroid dienone is 1. The molecule has 0 heterocycles. The SMILES string of the molecule is CCCCNC(=O)c1cc([N+](=O)[O-])cc2c1-c1c(cc([N+](=O)[O-])cc1[N+](=O)[O-])C2=C(C#N)C#N. The summed E-state index contributed by atoms with van der Waals surface area (Å²) < 4.78 is 0. The summed E-state index contributed by atoms with van der Waals surface area (Å²) in [6.45, 7) is 2.11. The van der Waals surface area contributed by atoms with Crippen LogP contribution in [-0.4, -0.2) is 27.2 Å². The first kappa shape index (κ1) is 23.5. The molecule has 0 fully saturated rings. The number of rotatable bonds is 7. The summed E-state index contributed by atoms with van der Waals surface area (Å²) in [4.78, 5) is 45.3. The minimum atomic E-state index is -0.892. The third-order valence-electron chi connectivity index (χ3n) is 5.17. The van der Waals surface area contributed by atoms with E-state index >= 15 is 0 Å². The molecule has 13 nitrogen and oxygen atoms in total. The average molecular weight is 462 g/mol. The lowest BCUT2D eigenvalue weighted by atomic mass is 9.95. The summed E-state index contributed by atoms with van der Waals surface area (Å²) in [7, 11) is 0. The molecule has 0 saturated heterocycles. The van der Waals surface area contributed by atoms with Crippen molar-refractivity contribution in [2.24, 2.45) is 0 Å². The fourth-order valence-corrected chi connectivity index (χ4v) is 3.72. The molecular formula is C21H14N6O7. The zero-order valence-electron chi connectivity index (χ0n) is 17.5. The molecule has 0 aliphatic heterocycles. The van der Waals surface area contributed by atoms with Gasteiger partial charge in [-0.2, -0.15) is 10.5 Å². The van der Waals surface area contributed by atoms with Crippen molar-refractivity contribution in [2.45, 2.75) is 19.8 Å². The molecule has 170 valence electrons. The number of unbranched alkanes of at least 4 members (excludes halogenated alkanes) is 1. The minimum Gasteiger partial charge on any atom is -0.352 e. The lowest BCUT2D eigenvalue weighted by molar-refractivity contribution is -0.393. The van der Waals surface area contributed by atoms with E-state index in [0.717, 1.165) is 24.6 Å². The molecule has 0 spiro atoms. The van der Waals surface area contributed by atoms with E-state index in [-0.39, 0.29) is 39.9 Å². The topological polar surface area (TPSA) is 206 Å². The summed E-state index contributed by atoms with van der Waals surface area (Å²) in [5.41, 5.74) is -3.82. The lowest BCUT2D eigenvalue weighted by Gasteiger charge is -2.11. The second-order valence-corrected chi connectivity index (χ2v) is 7.16. The van der Waals surface area contributed by atoms with Gasteiger partial charge in [0.25, 0.3) is 23.0 Å². The quantitative estimate of drug-likeness (QED) is 0.234. The fraction of sp³-hybridized carbons (Fsp3) is 0.190. The normalized spacial score (nSPS) is 11.0. The van der Waals surface area contributed by atoms with Gasteiger partial charge in [0.1, 0.15) is 17.7 Å². The Morgan fingerprint density at radius 1 is 0.912 bits per heavy atom. The van der Waals surface area contributed by atoms with Crippen LogP contribution in [0.1, 0.15) is 41.3 Å². The maximum Gasteiger partial charge on any atom is 0.284 e. The van der Waals surface area contributed by atoms with Gasteiger partial charge in [0, 0.05) is 47.0 Å². The van der Waals surface area contributed by atoms with Gasteiger partial charge in [0.15, 0.2) is 0 Å². The van der Waals surface area contributed by atoms with Gasteiger partial charge < -0.3 is 5.32 Å². The van der Waals surface area contributed by atoms with Crippen LogP contribution in [0.15, 0.2) is 29.8 Å². The van der Waals surface area contributed by atoms with Crippen molar-refractivity contribution in [1.29, 1.82) is 10.5 Å². The number of carbonyl (C=O) groups excluding carboxylic acids is 1. The molecule has 0 radical (unpaired) electrons. The zero-order chi connectivity index (χ0) is 25.2. The molecular weight excluding hydrogens is 448 g/mol. The number of hydrogen-bond donors (Lipinski definition) is 1. The summed E-state index contributed by atoms with van der Waals surface area (Å²) in [6, 6.07) is 6.81. The van der Waals surface area contributed by atoms with E-state index in [2.05, 4.69) is 5.32 Å². The molecule has 3 rings (SSSR count). The van der Waals surface area contributed by atoms with E-state index in [9.17, 15) is 45.7 Å². The Kier molecular flexibility index (Phi) is 6.31. The second-order valence-electron chi connectivity index (χ2n) is 7.16. The van der Waals surface area contributed by atoms with Crippen molar-refractivity contribution in [3.63, 3.8) is 0 Å². The number of nitriles is 2. The van der Waals surface area contributed by atoms with Gasteiger partial charge in [0.2, 0.25) is 0 Å². The number of fused-ring (bicyclic) bond motifs is 3. The monoisotopic (exact) mass is 462 g/mol. The van der Waals surface area contributed by atoms with E-state index in [4.69, 9.17) is 0 Å². The summed E-state index contributed by atoms with van der Waals surface area (Å²) in [6.07, 6.45) is 1.34. The molecule has 2 aromatic carbocycles. The molecule has 0 unspecified atom stereocenters. The molecule has 13 heteroatoms. The van der Waals surface area contributed by atoms with Crippen LogP contribution in [0.2, 0.25) is 0 Å². The molecule has 0 aromatic heterocycles. The molecule has 2 aromatic rings. The largest absolute Gasteiger partial charge is 0.352 e. The van der Waals surface area contributed by atoms with Crippen molar-refractivity contribution in [3.05, 3.63) is 76.9 Å². The number of nitro benzene ring substituents is 3. The third kappa shape index (κ3) is 3.89. The van der Waals surface area contributed by atoms with Gasteiger partial charge in [-0.3, -0.25) is 35.1 Å². The van der Waals surface area contributed by atoms with Crippen molar-refractivity contribution in [1.82, 2.24) is 5.32 Å². The zero-order valence-corrected chi connectivity index (χ0v) is 17.5. The molecule has 0 saturated carbocycles. The maximum absolute atomic E-state index is 13.0. The smallest absolute Gasteiger partial charge is 0.284 e. The van der Waals surface area contributed by atoms with E-state index < -0.39 is 43.3 Å².